The predicted molar refractivity (Wildman–Crippen MR) is 92.1 cm³/mol. The van der Waals surface area contributed by atoms with Crippen LogP contribution in [0.5, 0.6) is 5.75 Å². The lowest BCUT2D eigenvalue weighted by molar-refractivity contribution is 0.475. The smallest absolute Gasteiger partial charge is 0.117 e. The topological polar surface area (TPSA) is 49.5 Å². The molecular weight excluding hydrogens is 284 g/mol. The van der Waals surface area contributed by atoms with Gasteiger partial charge >= 0.3 is 0 Å². The van der Waals surface area contributed by atoms with E-state index >= 15 is 0 Å². The number of benzene rings is 2. The lowest BCUT2D eigenvalue weighted by Crippen LogP contribution is -2.27. The third kappa shape index (κ3) is 5.20. The average molecular weight is 307 g/mol. The molecule has 3 nitrogen and oxygen atoms in total. The minimum Gasteiger partial charge on any atom is -0.508 e. The van der Waals surface area contributed by atoms with Crippen molar-refractivity contribution >= 4 is 23.8 Å². The first-order valence-corrected chi connectivity index (χ1v) is 6.93. The minimum absolute atomic E-state index is 0. The minimum atomic E-state index is 0. The number of aromatic hydroxyl groups is 1. The van der Waals surface area contributed by atoms with Crippen molar-refractivity contribution in [3.05, 3.63) is 54.1 Å². The summed E-state index contributed by atoms with van der Waals surface area (Å²) in [6.07, 6.45) is 0. The molecule has 114 valence electrons. The number of phenols is 1. The molecule has 0 heterocycles. The van der Waals surface area contributed by atoms with Crippen LogP contribution in [0.1, 0.15) is 19.4 Å². The van der Waals surface area contributed by atoms with Gasteiger partial charge in [0.2, 0.25) is 0 Å². The second kappa shape index (κ2) is 7.79. The highest BCUT2D eigenvalue weighted by Gasteiger charge is 2.10. The first kappa shape index (κ1) is 17.2. The quantitative estimate of drug-likeness (QED) is 0.819. The fourth-order valence-corrected chi connectivity index (χ4v) is 2.30. The Morgan fingerprint density at radius 1 is 1.10 bits per heavy atom. The molecule has 2 aromatic rings. The Hall–Kier alpha value is -1.87. The summed E-state index contributed by atoms with van der Waals surface area (Å²) < 4.78 is 0. The number of hydrogen-bond acceptors (Lipinski definition) is 3. The van der Waals surface area contributed by atoms with Gasteiger partial charge in [-0.25, -0.2) is 0 Å². The van der Waals surface area contributed by atoms with E-state index in [2.05, 4.69) is 24.8 Å². The van der Waals surface area contributed by atoms with Crippen LogP contribution in [0.2, 0.25) is 0 Å². The predicted octanol–water partition coefficient (Wildman–Crippen LogP) is 4.06. The van der Waals surface area contributed by atoms with Gasteiger partial charge < -0.3 is 15.7 Å². The van der Waals surface area contributed by atoms with Crippen molar-refractivity contribution in [2.75, 3.05) is 17.2 Å². The maximum Gasteiger partial charge on any atom is 0.117 e. The molecule has 4 heteroatoms. The number of halogens is 1. The van der Waals surface area contributed by atoms with Crippen molar-refractivity contribution in [2.45, 2.75) is 20.4 Å². The van der Waals surface area contributed by atoms with Gasteiger partial charge in [0.15, 0.2) is 0 Å². The van der Waals surface area contributed by atoms with Gasteiger partial charge in [-0.15, -0.1) is 12.4 Å². The maximum absolute atomic E-state index is 9.66. The Bertz CT molecular complexity index is 572. The lowest BCUT2D eigenvalue weighted by Gasteiger charge is -2.27. The number of rotatable bonds is 5. The van der Waals surface area contributed by atoms with E-state index < -0.39 is 0 Å². The number of nitrogens with two attached hydrogens (primary N) is 1. The van der Waals surface area contributed by atoms with Crippen LogP contribution in [0, 0.1) is 5.92 Å². The Balaban J connectivity index is 0.00000220. The molecule has 0 bridgehead atoms. The second-order valence-corrected chi connectivity index (χ2v) is 5.54. The SMILES string of the molecule is CC(C)CN(Cc1cccc(N)c1)c1cccc(O)c1.Cl. The van der Waals surface area contributed by atoms with E-state index in [-0.39, 0.29) is 12.4 Å². The Kier molecular flexibility index (Phi) is 6.38. The number of phenolic OH excluding ortho intramolecular Hbond substituents is 1. The van der Waals surface area contributed by atoms with E-state index in [0.717, 1.165) is 24.5 Å². The number of nitrogen functional groups attached to an aromatic ring is 1. The van der Waals surface area contributed by atoms with E-state index in [0.29, 0.717) is 11.7 Å². The number of nitrogens with zero attached hydrogens (tertiary/aromatic N) is 1. The van der Waals surface area contributed by atoms with Gasteiger partial charge in [0.1, 0.15) is 5.75 Å². The summed E-state index contributed by atoms with van der Waals surface area (Å²) in [4.78, 5) is 2.26. The van der Waals surface area contributed by atoms with Gasteiger partial charge in [0.25, 0.3) is 0 Å². The van der Waals surface area contributed by atoms with Crippen LogP contribution >= 0.6 is 12.4 Å². The van der Waals surface area contributed by atoms with E-state index in [4.69, 9.17) is 5.73 Å². The van der Waals surface area contributed by atoms with Gasteiger partial charge in [-0.2, -0.15) is 0 Å². The third-order valence-corrected chi connectivity index (χ3v) is 3.10. The Morgan fingerprint density at radius 2 is 1.81 bits per heavy atom. The van der Waals surface area contributed by atoms with Crippen molar-refractivity contribution in [3.63, 3.8) is 0 Å². The molecule has 0 aliphatic carbocycles. The van der Waals surface area contributed by atoms with Gasteiger partial charge in [0.05, 0.1) is 0 Å². The first-order valence-electron chi connectivity index (χ1n) is 6.93. The summed E-state index contributed by atoms with van der Waals surface area (Å²) >= 11 is 0. The summed E-state index contributed by atoms with van der Waals surface area (Å²) in [5, 5.41) is 9.66. The van der Waals surface area contributed by atoms with Crippen LogP contribution in [0.4, 0.5) is 11.4 Å². The molecule has 0 unspecified atom stereocenters. The molecule has 0 aromatic heterocycles. The zero-order valence-corrected chi connectivity index (χ0v) is 13.3. The van der Waals surface area contributed by atoms with Gasteiger partial charge in [0, 0.05) is 30.5 Å². The summed E-state index contributed by atoms with van der Waals surface area (Å²) in [6.45, 7) is 6.09. The average Bonchev–Trinajstić information content (AvgIpc) is 2.37. The Labute approximate surface area is 132 Å². The number of hydrogen-bond donors (Lipinski definition) is 2. The van der Waals surface area contributed by atoms with E-state index in [1.807, 2.05) is 30.3 Å². The van der Waals surface area contributed by atoms with Crippen LogP contribution in [0.25, 0.3) is 0 Å². The first-order chi connectivity index (χ1) is 9.54. The van der Waals surface area contributed by atoms with Gasteiger partial charge in [-0.3, -0.25) is 0 Å². The normalized spacial score (nSPS) is 10.2. The van der Waals surface area contributed by atoms with E-state index in [1.165, 1.54) is 5.56 Å². The molecule has 0 saturated carbocycles. The molecule has 0 atom stereocenters. The van der Waals surface area contributed by atoms with Crippen molar-refractivity contribution in [2.24, 2.45) is 5.92 Å². The van der Waals surface area contributed by atoms with Crippen molar-refractivity contribution < 1.29 is 5.11 Å². The van der Waals surface area contributed by atoms with Crippen LogP contribution in [-0.2, 0) is 6.54 Å². The van der Waals surface area contributed by atoms with Gasteiger partial charge in [-0.1, -0.05) is 32.0 Å². The molecule has 0 aliphatic rings. The second-order valence-electron chi connectivity index (χ2n) is 5.54. The van der Waals surface area contributed by atoms with E-state index in [9.17, 15) is 5.11 Å². The molecule has 0 amide bonds. The van der Waals surface area contributed by atoms with Crippen molar-refractivity contribution in [3.8, 4) is 5.75 Å². The standard InChI is InChI=1S/C17H22N2O.ClH/c1-13(2)11-19(16-7-4-8-17(20)10-16)12-14-5-3-6-15(18)9-14;/h3-10,13,20H,11-12,18H2,1-2H3;1H. The van der Waals surface area contributed by atoms with Crippen molar-refractivity contribution in [1.82, 2.24) is 0 Å². The molecule has 0 aliphatic heterocycles. The molecular formula is C17H23ClN2O. The zero-order valence-electron chi connectivity index (χ0n) is 12.5. The fraction of sp³-hybridized carbons (Fsp3) is 0.294. The third-order valence-electron chi connectivity index (χ3n) is 3.10. The summed E-state index contributed by atoms with van der Waals surface area (Å²) in [5.41, 5.74) is 8.82. The fourth-order valence-electron chi connectivity index (χ4n) is 2.30. The highest BCUT2D eigenvalue weighted by Crippen LogP contribution is 2.23. The monoisotopic (exact) mass is 306 g/mol. The molecule has 0 fully saturated rings. The molecule has 0 radical (unpaired) electrons. The Morgan fingerprint density at radius 3 is 2.43 bits per heavy atom. The highest BCUT2D eigenvalue weighted by molar-refractivity contribution is 5.85. The molecule has 21 heavy (non-hydrogen) atoms. The van der Waals surface area contributed by atoms with Crippen LogP contribution < -0.4 is 10.6 Å². The summed E-state index contributed by atoms with van der Waals surface area (Å²) in [6, 6.07) is 15.3. The van der Waals surface area contributed by atoms with Crippen molar-refractivity contribution in [1.29, 1.82) is 0 Å². The summed E-state index contributed by atoms with van der Waals surface area (Å²) in [5.74, 6) is 0.835. The maximum atomic E-state index is 9.66. The van der Waals surface area contributed by atoms with Crippen LogP contribution in [-0.4, -0.2) is 11.7 Å². The molecule has 3 N–H and O–H groups in total. The molecule has 0 saturated heterocycles. The van der Waals surface area contributed by atoms with Crippen LogP contribution in [0.15, 0.2) is 48.5 Å². The molecule has 2 rings (SSSR count). The molecule has 2 aromatic carbocycles. The zero-order chi connectivity index (χ0) is 14.5. The van der Waals surface area contributed by atoms with E-state index in [1.54, 1.807) is 12.1 Å². The molecule has 0 spiro atoms. The lowest BCUT2D eigenvalue weighted by atomic mass is 10.1. The van der Waals surface area contributed by atoms with Gasteiger partial charge in [-0.05, 0) is 35.7 Å². The summed E-state index contributed by atoms with van der Waals surface area (Å²) in [7, 11) is 0. The largest absolute Gasteiger partial charge is 0.508 e. The highest BCUT2D eigenvalue weighted by atomic mass is 35.5. The van der Waals surface area contributed by atoms with Crippen LogP contribution in [0.3, 0.4) is 0 Å². The number of anilines is 2.